The topological polar surface area (TPSA) is 35.6 Å². The fraction of sp³-hybridized carbons (Fsp3) is 0.0455. The van der Waals surface area contributed by atoms with Gasteiger partial charge < -0.3 is 0 Å². The molecule has 48 heavy (non-hydrogen) atoms. The van der Waals surface area contributed by atoms with Crippen molar-refractivity contribution in [2.24, 2.45) is 0 Å². The van der Waals surface area contributed by atoms with Gasteiger partial charge in [0.05, 0.1) is 33.6 Å². The molecule has 0 saturated heterocycles. The van der Waals surface area contributed by atoms with E-state index in [1.165, 1.54) is 0 Å². The van der Waals surface area contributed by atoms with Gasteiger partial charge in [-0.3, -0.25) is 0 Å². The van der Waals surface area contributed by atoms with Gasteiger partial charge in [-0.2, -0.15) is 10.2 Å². The monoisotopic (exact) mass is 618 g/mol. The number of rotatable bonds is 9. The van der Waals surface area contributed by atoms with Crippen LogP contribution in [-0.2, 0) is 10.8 Å². The zero-order valence-electron chi connectivity index (χ0n) is 26.4. The summed E-state index contributed by atoms with van der Waals surface area (Å²) in [7, 11) is 0. The third-order valence-electron chi connectivity index (χ3n) is 9.38. The second kappa shape index (κ2) is 12.5. The summed E-state index contributed by atoms with van der Waals surface area (Å²) in [5.41, 5.74) is 6.45. The van der Waals surface area contributed by atoms with E-state index in [4.69, 9.17) is 10.2 Å². The Balaban J connectivity index is 1.58. The molecule has 0 radical (unpaired) electrons. The molecule has 0 saturated carbocycles. The fourth-order valence-corrected chi connectivity index (χ4v) is 7.42. The van der Waals surface area contributed by atoms with E-state index >= 15 is 0 Å². The number of aromatic nitrogens is 4. The second-order valence-electron chi connectivity index (χ2n) is 11.9. The molecular formula is C44H34N4. The van der Waals surface area contributed by atoms with Crippen LogP contribution in [0.1, 0.15) is 33.6 Å². The first-order valence-corrected chi connectivity index (χ1v) is 16.3. The molecule has 4 nitrogen and oxygen atoms in total. The highest BCUT2D eigenvalue weighted by Gasteiger charge is 2.60. The van der Waals surface area contributed by atoms with Crippen LogP contribution in [0.4, 0.5) is 0 Å². The van der Waals surface area contributed by atoms with Crippen molar-refractivity contribution >= 4 is 0 Å². The van der Waals surface area contributed by atoms with Gasteiger partial charge in [-0.05, 0) is 58.7 Å². The largest absolute Gasteiger partial charge is 0.241 e. The standard InChI is InChI=1S/C44H34N4/c1-7-19-35(20-8-1)43(36-21-9-2-10-22-36,41-31-33-47(45-41)39-27-15-5-16-28-39)44(37-23-11-3-12-24-37,38-25-13-4-14-26-38)42-32-34-48(46-42)40-29-17-6-18-30-40/h1-34H. The Morgan fingerprint density at radius 2 is 0.542 bits per heavy atom. The van der Waals surface area contributed by atoms with E-state index < -0.39 is 10.8 Å². The predicted molar refractivity (Wildman–Crippen MR) is 193 cm³/mol. The molecule has 0 bridgehead atoms. The molecule has 0 spiro atoms. The molecule has 2 aromatic heterocycles. The number of hydrogen-bond donors (Lipinski definition) is 0. The lowest BCUT2D eigenvalue weighted by molar-refractivity contribution is 0.396. The summed E-state index contributed by atoms with van der Waals surface area (Å²) in [5.74, 6) is 0. The Labute approximate surface area is 281 Å². The Hall–Kier alpha value is -6.26. The van der Waals surface area contributed by atoms with Gasteiger partial charge in [0.2, 0.25) is 0 Å². The zero-order chi connectivity index (χ0) is 32.2. The molecule has 0 aliphatic rings. The van der Waals surface area contributed by atoms with Crippen LogP contribution in [0, 0.1) is 0 Å². The average Bonchev–Trinajstić information content (AvgIpc) is 3.88. The lowest BCUT2D eigenvalue weighted by Gasteiger charge is -2.51. The molecular weight excluding hydrogens is 585 g/mol. The van der Waals surface area contributed by atoms with E-state index in [1.807, 2.05) is 45.8 Å². The first-order valence-electron chi connectivity index (χ1n) is 16.3. The minimum atomic E-state index is -0.895. The second-order valence-corrected chi connectivity index (χ2v) is 11.9. The molecule has 4 heteroatoms. The highest BCUT2D eigenvalue weighted by molar-refractivity contribution is 5.65. The molecule has 0 aliphatic carbocycles. The lowest BCUT2D eigenvalue weighted by atomic mass is 9.49. The summed E-state index contributed by atoms with van der Waals surface area (Å²) in [5, 5.41) is 11.0. The van der Waals surface area contributed by atoms with E-state index in [9.17, 15) is 0 Å². The summed E-state index contributed by atoms with van der Waals surface area (Å²) in [6.07, 6.45) is 4.16. The van der Waals surface area contributed by atoms with Crippen LogP contribution in [0.5, 0.6) is 0 Å². The average molecular weight is 619 g/mol. The van der Waals surface area contributed by atoms with Crippen molar-refractivity contribution in [3.8, 4) is 11.4 Å². The molecule has 0 aliphatic heterocycles. The van der Waals surface area contributed by atoms with E-state index in [2.05, 4.69) is 170 Å². The molecule has 0 unspecified atom stereocenters. The van der Waals surface area contributed by atoms with Gasteiger partial charge in [-0.25, -0.2) is 9.36 Å². The van der Waals surface area contributed by atoms with Gasteiger partial charge >= 0.3 is 0 Å². The van der Waals surface area contributed by atoms with Crippen LogP contribution in [0.15, 0.2) is 207 Å². The minimum Gasteiger partial charge on any atom is -0.241 e. The third kappa shape index (κ3) is 4.69. The van der Waals surface area contributed by atoms with E-state index in [0.717, 1.165) is 45.0 Å². The minimum absolute atomic E-state index is 0.895. The molecule has 0 N–H and O–H groups in total. The highest BCUT2D eigenvalue weighted by atomic mass is 15.3. The van der Waals surface area contributed by atoms with Crippen LogP contribution >= 0.6 is 0 Å². The lowest BCUT2D eigenvalue weighted by Crippen LogP contribution is -2.53. The number of para-hydroxylation sites is 2. The molecule has 6 aromatic carbocycles. The van der Waals surface area contributed by atoms with Crippen LogP contribution in [-0.4, -0.2) is 19.6 Å². The van der Waals surface area contributed by atoms with Crippen molar-refractivity contribution in [3.05, 3.63) is 240 Å². The summed E-state index contributed by atoms with van der Waals surface area (Å²) in [6.45, 7) is 0. The van der Waals surface area contributed by atoms with Gasteiger partial charge in [-0.15, -0.1) is 0 Å². The zero-order valence-corrected chi connectivity index (χ0v) is 26.4. The van der Waals surface area contributed by atoms with Gasteiger partial charge in [0.1, 0.15) is 0 Å². The van der Waals surface area contributed by atoms with Crippen molar-refractivity contribution in [1.29, 1.82) is 0 Å². The van der Waals surface area contributed by atoms with Gasteiger partial charge in [0.25, 0.3) is 0 Å². The normalized spacial score (nSPS) is 11.8. The highest BCUT2D eigenvalue weighted by Crippen LogP contribution is 2.59. The molecule has 0 atom stereocenters. The molecule has 0 amide bonds. The van der Waals surface area contributed by atoms with Crippen LogP contribution < -0.4 is 0 Å². The van der Waals surface area contributed by atoms with Crippen LogP contribution in [0.2, 0.25) is 0 Å². The van der Waals surface area contributed by atoms with Gasteiger partial charge in [0, 0.05) is 12.4 Å². The Bertz CT molecular complexity index is 1970. The summed E-state index contributed by atoms with van der Waals surface area (Å²) in [4.78, 5) is 0. The van der Waals surface area contributed by atoms with Crippen LogP contribution in [0.3, 0.4) is 0 Å². The summed E-state index contributed by atoms with van der Waals surface area (Å²) < 4.78 is 3.97. The first kappa shape index (κ1) is 29.2. The molecule has 8 aromatic rings. The Morgan fingerprint density at radius 3 is 0.812 bits per heavy atom. The van der Waals surface area contributed by atoms with E-state index in [1.54, 1.807) is 0 Å². The summed E-state index contributed by atoms with van der Waals surface area (Å²) in [6, 6.07) is 68.3. The van der Waals surface area contributed by atoms with Crippen molar-refractivity contribution in [3.63, 3.8) is 0 Å². The number of hydrogen-bond acceptors (Lipinski definition) is 2. The van der Waals surface area contributed by atoms with E-state index in [-0.39, 0.29) is 0 Å². The maximum absolute atomic E-state index is 5.50. The third-order valence-corrected chi connectivity index (χ3v) is 9.38. The predicted octanol–water partition coefficient (Wildman–Crippen LogP) is 9.43. The first-order chi connectivity index (χ1) is 23.8. The molecule has 2 heterocycles. The fourth-order valence-electron chi connectivity index (χ4n) is 7.42. The van der Waals surface area contributed by atoms with Crippen molar-refractivity contribution in [2.75, 3.05) is 0 Å². The quantitative estimate of drug-likeness (QED) is 0.162. The van der Waals surface area contributed by atoms with Gasteiger partial charge in [-0.1, -0.05) is 158 Å². The maximum Gasteiger partial charge on any atom is 0.0836 e. The van der Waals surface area contributed by atoms with E-state index in [0.29, 0.717) is 0 Å². The molecule has 0 fully saturated rings. The number of benzene rings is 6. The SMILES string of the molecule is c1ccc(-n2ccc(C(c3ccccc3)(c3ccccc3)C(c3ccccc3)(c3ccccc3)c3ccn(-c4ccccc4)n3)n2)cc1. The summed E-state index contributed by atoms with van der Waals surface area (Å²) >= 11 is 0. The van der Waals surface area contributed by atoms with Crippen LogP contribution in [0.25, 0.3) is 11.4 Å². The Kier molecular flexibility index (Phi) is 7.60. The van der Waals surface area contributed by atoms with Gasteiger partial charge in [0.15, 0.2) is 0 Å². The molecule has 230 valence electrons. The number of nitrogens with zero attached hydrogens (tertiary/aromatic N) is 4. The smallest absolute Gasteiger partial charge is 0.0836 e. The van der Waals surface area contributed by atoms with Crippen molar-refractivity contribution in [1.82, 2.24) is 19.6 Å². The maximum atomic E-state index is 5.50. The van der Waals surface area contributed by atoms with Crippen molar-refractivity contribution < 1.29 is 0 Å². The Morgan fingerprint density at radius 1 is 0.292 bits per heavy atom. The molecule has 8 rings (SSSR count). The van der Waals surface area contributed by atoms with Crippen molar-refractivity contribution in [2.45, 2.75) is 10.8 Å².